The summed E-state index contributed by atoms with van der Waals surface area (Å²) in [5.74, 6) is 0.672. The highest BCUT2D eigenvalue weighted by molar-refractivity contribution is 5.93. The number of aromatic nitrogens is 3. The first kappa shape index (κ1) is 19.1. The second kappa shape index (κ2) is 7.14. The Kier molecular flexibility index (Phi) is 4.56. The standard InChI is InChI=1S/C22H23FN4O3/c1-4-15-11-16-13(2)18(21-24-14(3)26-30-21)20(25-19(16)17(23)12-15)27-7-5-22(6-8-27)28-9-10-29-22/h4,11-12H,1,5-10H2,2-3H3. The van der Waals surface area contributed by atoms with Crippen LogP contribution in [0.3, 0.4) is 0 Å². The summed E-state index contributed by atoms with van der Waals surface area (Å²) in [6.07, 6.45) is 3.05. The minimum Gasteiger partial charge on any atom is -0.356 e. The molecule has 4 heterocycles. The molecule has 5 rings (SSSR count). The number of anilines is 1. The van der Waals surface area contributed by atoms with E-state index in [0.717, 1.165) is 11.1 Å². The Hall–Kier alpha value is -2.84. The lowest BCUT2D eigenvalue weighted by atomic mass is 9.98. The Labute approximate surface area is 173 Å². The molecule has 0 bridgehead atoms. The summed E-state index contributed by atoms with van der Waals surface area (Å²) in [5.41, 5.74) is 2.59. The molecule has 0 amide bonds. The Bertz CT molecular complexity index is 1130. The number of piperidine rings is 1. The fourth-order valence-corrected chi connectivity index (χ4v) is 4.33. The Morgan fingerprint density at radius 3 is 2.50 bits per heavy atom. The molecule has 7 nitrogen and oxygen atoms in total. The van der Waals surface area contributed by atoms with Gasteiger partial charge in [0.1, 0.15) is 17.2 Å². The van der Waals surface area contributed by atoms with Crippen molar-refractivity contribution in [3.63, 3.8) is 0 Å². The molecule has 2 aliphatic rings. The van der Waals surface area contributed by atoms with E-state index < -0.39 is 5.79 Å². The van der Waals surface area contributed by atoms with E-state index in [2.05, 4.69) is 21.6 Å². The number of hydrogen-bond donors (Lipinski definition) is 0. The topological polar surface area (TPSA) is 73.5 Å². The Morgan fingerprint density at radius 1 is 1.13 bits per heavy atom. The van der Waals surface area contributed by atoms with Gasteiger partial charge >= 0.3 is 0 Å². The monoisotopic (exact) mass is 410 g/mol. The second-order valence-corrected chi connectivity index (χ2v) is 7.78. The van der Waals surface area contributed by atoms with Crippen LogP contribution in [-0.2, 0) is 9.47 Å². The number of pyridine rings is 1. The van der Waals surface area contributed by atoms with Gasteiger partial charge in [-0.25, -0.2) is 9.37 Å². The molecule has 0 saturated carbocycles. The third-order valence-electron chi connectivity index (χ3n) is 5.92. The van der Waals surface area contributed by atoms with Crippen LogP contribution in [0.2, 0.25) is 0 Å². The highest BCUT2D eigenvalue weighted by atomic mass is 19.1. The van der Waals surface area contributed by atoms with Crippen molar-refractivity contribution >= 4 is 22.8 Å². The first-order valence-corrected chi connectivity index (χ1v) is 10.1. The molecule has 156 valence electrons. The van der Waals surface area contributed by atoms with Gasteiger partial charge in [-0.15, -0.1) is 0 Å². The number of hydrogen-bond acceptors (Lipinski definition) is 7. The lowest BCUT2D eigenvalue weighted by molar-refractivity contribution is -0.169. The molecule has 1 aromatic carbocycles. The van der Waals surface area contributed by atoms with E-state index in [-0.39, 0.29) is 5.82 Å². The molecular formula is C22H23FN4O3. The largest absolute Gasteiger partial charge is 0.356 e. The van der Waals surface area contributed by atoms with Crippen LogP contribution in [0.15, 0.2) is 23.2 Å². The van der Waals surface area contributed by atoms with E-state index in [0.29, 0.717) is 73.1 Å². The van der Waals surface area contributed by atoms with E-state index >= 15 is 0 Å². The highest BCUT2D eigenvalue weighted by Crippen LogP contribution is 2.40. The van der Waals surface area contributed by atoms with Gasteiger partial charge in [-0.3, -0.25) is 0 Å². The molecule has 0 atom stereocenters. The van der Waals surface area contributed by atoms with Gasteiger partial charge in [0.15, 0.2) is 11.6 Å². The average molecular weight is 410 g/mol. The third kappa shape index (κ3) is 3.07. The molecule has 2 fully saturated rings. The second-order valence-electron chi connectivity index (χ2n) is 7.78. The summed E-state index contributed by atoms with van der Waals surface area (Å²) in [5, 5.41) is 4.65. The van der Waals surface area contributed by atoms with Crippen LogP contribution < -0.4 is 4.90 Å². The number of aryl methyl sites for hydroxylation is 2. The lowest BCUT2D eigenvalue weighted by Gasteiger charge is -2.38. The van der Waals surface area contributed by atoms with Crippen molar-refractivity contribution in [2.24, 2.45) is 0 Å². The number of fused-ring (bicyclic) bond motifs is 1. The van der Waals surface area contributed by atoms with Crippen molar-refractivity contribution in [1.29, 1.82) is 0 Å². The van der Waals surface area contributed by atoms with Crippen molar-refractivity contribution in [3.05, 3.63) is 41.5 Å². The number of rotatable bonds is 3. The van der Waals surface area contributed by atoms with Gasteiger partial charge in [0.2, 0.25) is 0 Å². The molecule has 2 saturated heterocycles. The summed E-state index contributed by atoms with van der Waals surface area (Å²) in [6, 6.07) is 3.34. The van der Waals surface area contributed by atoms with E-state index in [4.69, 9.17) is 19.0 Å². The smallest absolute Gasteiger partial charge is 0.261 e. The molecule has 2 aromatic heterocycles. The first-order chi connectivity index (χ1) is 14.5. The molecule has 3 aromatic rings. The summed E-state index contributed by atoms with van der Waals surface area (Å²) >= 11 is 0. The quantitative estimate of drug-likeness (QED) is 0.645. The molecular weight excluding hydrogens is 387 g/mol. The van der Waals surface area contributed by atoms with Crippen molar-refractivity contribution in [2.45, 2.75) is 32.5 Å². The highest BCUT2D eigenvalue weighted by Gasteiger charge is 2.41. The number of benzene rings is 1. The maximum absolute atomic E-state index is 14.9. The molecule has 0 aliphatic carbocycles. The van der Waals surface area contributed by atoms with Crippen LogP contribution in [-0.4, -0.2) is 47.2 Å². The molecule has 30 heavy (non-hydrogen) atoms. The van der Waals surface area contributed by atoms with Gasteiger partial charge in [-0.1, -0.05) is 17.8 Å². The fraction of sp³-hybridized carbons (Fsp3) is 0.409. The SMILES string of the molecule is C=Cc1cc(F)c2nc(N3CCC4(CC3)OCCO4)c(-c3nc(C)no3)c(C)c2c1. The number of ether oxygens (including phenoxy) is 2. The molecule has 8 heteroatoms. The van der Waals surface area contributed by atoms with E-state index in [1.165, 1.54) is 6.07 Å². The van der Waals surface area contributed by atoms with Crippen molar-refractivity contribution in [2.75, 3.05) is 31.2 Å². The first-order valence-electron chi connectivity index (χ1n) is 10.1. The Morgan fingerprint density at radius 2 is 1.87 bits per heavy atom. The molecule has 1 spiro atoms. The van der Waals surface area contributed by atoms with Crippen LogP contribution in [0.4, 0.5) is 10.2 Å². The van der Waals surface area contributed by atoms with Gasteiger partial charge in [0.05, 0.1) is 18.8 Å². The normalized spacial score (nSPS) is 18.4. The van der Waals surface area contributed by atoms with Crippen molar-refractivity contribution in [1.82, 2.24) is 15.1 Å². The zero-order valence-corrected chi connectivity index (χ0v) is 17.1. The Balaban J connectivity index is 1.66. The number of nitrogens with zero attached hydrogens (tertiary/aromatic N) is 4. The predicted molar refractivity (Wildman–Crippen MR) is 111 cm³/mol. The van der Waals surface area contributed by atoms with Gasteiger partial charge < -0.3 is 18.9 Å². The summed E-state index contributed by atoms with van der Waals surface area (Å²) < 4.78 is 32.1. The number of halogens is 1. The minimum atomic E-state index is -0.506. The summed E-state index contributed by atoms with van der Waals surface area (Å²) in [4.78, 5) is 11.3. The van der Waals surface area contributed by atoms with Crippen molar-refractivity contribution < 1.29 is 18.4 Å². The molecule has 0 radical (unpaired) electrons. The van der Waals surface area contributed by atoms with Gasteiger partial charge in [-0.2, -0.15) is 4.98 Å². The maximum atomic E-state index is 14.9. The van der Waals surface area contributed by atoms with Gasteiger partial charge in [-0.05, 0) is 37.1 Å². The minimum absolute atomic E-state index is 0.321. The maximum Gasteiger partial charge on any atom is 0.261 e. The average Bonchev–Trinajstić information content (AvgIpc) is 3.38. The van der Waals surface area contributed by atoms with E-state index in [1.54, 1.807) is 13.0 Å². The molecule has 2 aliphatic heterocycles. The third-order valence-corrected chi connectivity index (χ3v) is 5.92. The van der Waals surface area contributed by atoms with Gasteiger partial charge in [0, 0.05) is 31.3 Å². The summed E-state index contributed by atoms with van der Waals surface area (Å²) in [6.45, 7) is 10.0. The van der Waals surface area contributed by atoms with Crippen LogP contribution in [0.25, 0.3) is 28.4 Å². The van der Waals surface area contributed by atoms with Crippen molar-refractivity contribution in [3.8, 4) is 11.5 Å². The lowest BCUT2D eigenvalue weighted by Crippen LogP contribution is -2.45. The fourth-order valence-electron chi connectivity index (χ4n) is 4.33. The van der Waals surface area contributed by atoms with E-state index in [9.17, 15) is 4.39 Å². The molecule has 0 N–H and O–H groups in total. The zero-order chi connectivity index (χ0) is 20.9. The van der Waals surface area contributed by atoms with E-state index in [1.807, 2.05) is 13.0 Å². The molecule has 0 unspecified atom stereocenters. The van der Waals surface area contributed by atoms with Gasteiger partial charge in [0.25, 0.3) is 5.89 Å². The summed E-state index contributed by atoms with van der Waals surface area (Å²) in [7, 11) is 0. The van der Waals surface area contributed by atoms with Crippen LogP contribution >= 0.6 is 0 Å². The van der Waals surface area contributed by atoms with Crippen LogP contribution in [0, 0.1) is 19.7 Å². The van der Waals surface area contributed by atoms with Crippen LogP contribution in [0.1, 0.15) is 29.8 Å². The zero-order valence-electron chi connectivity index (χ0n) is 17.1. The van der Waals surface area contributed by atoms with Crippen LogP contribution in [0.5, 0.6) is 0 Å². The predicted octanol–water partition coefficient (Wildman–Crippen LogP) is 4.03.